The summed E-state index contributed by atoms with van der Waals surface area (Å²) in [6.07, 6.45) is 4.42. The Hall–Kier alpha value is -0.540. The van der Waals surface area contributed by atoms with E-state index in [-0.39, 0.29) is 11.9 Å². The van der Waals surface area contributed by atoms with Crippen LogP contribution in [-0.4, -0.2) is 17.0 Å². The molecule has 1 aliphatic carbocycles. The van der Waals surface area contributed by atoms with Gasteiger partial charge in [0.15, 0.2) is 0 Å². The van der Waals surface area contributed by atoms with Gasteiger partial charge in [-0.1, -0.05) is 25.0 Å². The van der Waals surface area contributed by atoms with Crippen molar-refractivity contribution in [3.05, 3.63) is 30.1 Å². The van der Waals surface area contributed by atoms with Crippen molar-refractivity contribution in [3.63, 3.8) is 0 Å². The lowest BCUT2D eigenvalue weighted by Gasteiger charge is -2.17. The molecule has 1 atom stereocenters. The fourth-order valence-electron chi connectivity index (χ4n) is 2.22. The van der Waals surface area contributed by atoms with Crippen LogP contribution >= 0.6 is 11.8 Å². The number of hydrogen-bond donors (Lipinski definition) is 1. The van der Waals surface area contributed by atoms with Gasteiger partial charge in [0.2, 0.25) is 0 Å². The normalized spacial score (nSPS) is 18.9. The van der Waals surface area contributed by atoms with Crippen molar-refractivity contribution >= 4 is 11.8 Å². The maximum atomic E-state index is 13.3. The zero-order valence-electron chi connectivity index (χ0n) is 9.23. The molecule has 0 bridgehead atoms. The molecule has 1 nitrogen and oxygen atoms in total. The Kier molecular flexibility index (Phi) is 4.24. The summed E-state index contributed by atoms with van der Waals surface area (Å²) in [6, 6.07) is 6.74. The molecule has 1 unspecified atom stereocenters. The maximum absolute atomic E-state index is 13.3. The van der Waals surface area contributed by atoms with E-state index < -0.39 is 0 Å². The van der Waals surface area contributed by atoms with Gasteiger partial charge in [-0.25, -0.2) is 4.39 Å². The van der Waals surface area contributed by atoms with E-state index in [1.807, 2.05) is 6.07 Å². The zero-order valence-corrected chi connectivity index (χ0v) is 10.0. The maximum Gasteiger partial charge on any atom is 0.136 e. The molecule has 1 saturated carbocycles. The molecule has 88 valence electrons. The standard InChI is InChI=1S/C13H17FOS/c14-11-7-3-4-8-13(11)16-9-12(15)10-5-1-2-6-10/h3-4,7-8,10,12,15H,1-2,5-6,9H2. The van der Waals surface area contributed by atoms with Gasteiger partial charge in [-0.05, 0) is 30.9 Å². The summed E-state index contributed by atoms with van der Waals surface area (Å²) < 4.78 is 13.3. The summed E-state index contributed by atoms with van der Waals surface area (Å²) in [5, 5.41) is 9.96. The summed E-state index contributed by atoms with van der Waals surface area (Å²) >= 11 is 1.42. The lowest BCUT2D eigenvalue weighted by molar-refractivity contribution is 0.133. The summed E-state index contributed by atoms with van der Waals surface area (Å²) in [5.74, 6) is 0.844. The van der Waals surface area contributed by atoms with Crippen molar-refractivity contribution < 1.29 is 9.50 Å². The van der Waals surface area contributed by atoms with Crippen molar-refractivity contribution in [2.45, 2.75) is 36.7 Å². The van der Waals surface area contributed by atoms with E-state index in [4.69, 9.17) is 0 Å². The number of aliphatic hydroxyl groups excluding tert-OH is 1. The lowest BCUT2D eigenvalue weighted by Crippen LogP contribution is -2.20. The minimum absolute atomic E-state index is 0.189. The van der Waals surface area contributed by atoms with Crippen LogP contribution in [0.2, 0.25) is 0 Å². The van der Waals surface area contributed by atoms with Gasteiger partial charge in [0.1, 0.15) is 5.82 Å². The van der Waals surface area contributed by atoms with Gasteiger partial charge in [0.25, 0.3) is 0 Å². The van der Waals surface area contributed by atoms with Crippen LogP contribution in [0.4, 0.5) is 4.39 Å². The number of hydrogen-bond acceptors (Lipinski definition) is 2. The Labute approximate surface area is 100 Å². The van der Waals surface area contributed by atoms with E-state index in [1.54, 1.807) is 12.1 Å². The molecule has 0 saturated heterocycles. The smallest absolute Gasteiger partial charge is 0.136 e. The van der Waals surface area contributed by atoms with Gasteiger partial charge >= 0.3 is 0 Å². The molecule has 1 aromatic rings. The zero-order chi connectivity index (χ0) is 11.4. The van der Waals surface area contributed by atoms with Crippen LogP contribution in [0.25, 0.3) is 0 Å². The molecule has 0 aliphatic heterocycles. The van der Waals surface area contributed by atoms with Crippen LogP contribution in [0.5, 0.6) is 0 Å². The van der Waals surface area contributed by atoms with Crippen LogP contribution in [0.1, 0.15) is 25.7 Å². The first kappa shape index (κ1) is 11.9. The van der Waals surface area contributed by atoms with Gasteiger partial charge < -0.3 is 5.11 Å². The molecule has 0 radical (unpaired) electrons. The fraction of sp³-hybridized carbons (Fsp3) is 0.538. The average molecular weight is 240 g/mol. The molecule has 1 N–H and O–H groups in total. The van der Waals surface area contributed by atoms with Crippen LogP contribution in [0, 0.1) is 11.7 Å². The second kappa shape index (κ2) is 5.69. The highest BCUT2D eigenvalue weighted by Crippen LogP contribution is 2.31. The molecule has 0 amide bonds. The molecular formula is C13H17FOS. The third-order valence-electron chi connectivity index (χ3n) is 3.19. The molecule has 2 rings (SSSR count). The fourth-order valence-corrected chi connectivity index (χ4v) is 3.22. The number of halogens is 1. The van der Waals surface area contributed by atoms with Crippen molar-refractivity contribution in [2.24, 2.45) is 5.92 Å². The summed E-state index contributed by atoms with van der Waals surface area (Å²) in [6.45, 7) is 0. The summed E-state index contributed by atoms with van der Waals surface area (Å²) in [7, 11) is 0. The predicted octanol–water partition coefficient (Wildman–Crippen LogP) is 3.47. The Morgan fingerprint density at radius 2 is 2.00 bits per heavy atom. The molecule has 16 heavy (non-hydrogen) atoms. The average Bonchev–Trinajstić information content (AvgIpc) is 2.81. The van der Waals surface area contributed by atoms with E-state index in [2.05, 4.69) is 0 Å². The molecule has 1 fully saturated rings. The first-order valence-electron chi connectivity index (χ1n) is 5.83. The van der Waals surface area contributed by atoms with E-state index >= 15 is 0 Å². The predicted molar refractivity (Wildman–Crippen MR) is 65.1 cm³/mol. The largest absolute Gasteiger partial charge is 0.392 e. The SMILES string of the molecule is OC(CSc1ccccc1F)C1CCCC1. The summed E-state index contributed by atoms with van der Waals surface area (Å²) in [5.41, 5.74) is 0. The topological polar surface area (TPSA) is 20.2 Å². The Balaban J connectivity index is 1.84. The van der Waals surface area contributed by atoms with Crippen molar-refractivity contribution in [3.8, 4) is 0 Å². The molecule has 1 aliphatic rings. The van der Waals surface area contributed by atoms with Crippen molar-refractivity contribution in [1.29, 1.82) is 0 Å². The second-order valence-electron chi connectivity index (χ2n) is 4.35. The van der Waals surface area contributed by atoms with Crippen LogP contribution in [0.15, 0.2) is 29.2 Å². The van der Waals surface area contributed by atoms with E-state index in [9.17, 15) is 9.50 Å². The van der Waals surface area contributed by atoms with Gasteiger partial charge in [0.05, 0.1) is 6.10 Å². The second-order valence-corrected chi connectivity index (χ2v) is 5.42. The van der Waals surface area contributed by atoms with E-state index in [0.29, 0.717) is 16.6 Å². The van der Waals surface area contributed by atoms with Gasteiger partial charge in [0, 0.05) is 10.6 Å². The highest BCUT2D eigenvalue weighted by molar-refractivity contribution is 7.99. The van der Waals surface area contributed by atoms with Gasteiger partial charge in [-0.15, -0.1) is 11.8 Å². The highest BCUT2D eigenvalue weighted by Gasteiger charge is 2.23. The van der Waals surface area contributed by atoms with Crippen LogP contribution < -0.4 is 0 Å². The molecule has 1 aromatic carbocycles. The Bertz CT molecular complexity index is 336. The molecule has 0 aromatic heterocycles. The van der Waals surface area contributed by atoms with Crippen LogP contribution in [-0.2, 0) is 0 Å². The lowest BCUT2D eigenvalue weighted by atomic mass is 10.0. The number of thioether (sulfide) groups is 1. The van der Waals surface area contributed by atoms with E-state index in [0.717, 1.165) is 12.8 Å². The number of rotatable bonds is 4. The minimum Gasteiger partial charge on any atom is -0.392 e. The monoisotopic (exact) mass is 240 g/mol. The first-order chi connectivity index (χ1) is 7.77. The minimum atomic E-state index is -0.285. The quantitative estimate of drug-likeness (QED) is 0.813. The third-order valence-corrected chi connectivity index (χ3v) is 4.34. The Morgan fingerprint density at radius 3 is 2.69 bits per heavy atom. The van der Waals surface area contributed by atoms with Crippen molar-refractivity contribution in [1.82, 2.24) is 0 Å². The molecule has 0 heterocycles. The molecule has 3 heteroatoms. The van der Waals surface area contributed by atoms with E-state index in [1.165, 1.54) is 30.7 Å². The summed E-state index contributed by atoms with van der Waals surface area (Å²) in [4.78, 5) is 0.638. The highest BCUT2D eigenvalue weighted by atomic mass is 32.2. The van der Waals surface area contributed by atoms with Gasteiger partial charge in [-0.3, -0.25) is 0 Å². The molecular weight excluding hydrogens is 223 g/mol. The number of aliphatic hydroxyl groups is 1. The Morgan fingerprint density at radius 1 is 1.31 bits per heavy atom. The third kappa shape index (κ3) is 2.98. The molecule has 0 spiro atoms. The first-order valence-corrected chi connectivity index (χ1v) is 6.81. The van der Waals surface area contributed by atoms with Gasteiger partial charge in [-0.2, -0.15) is 0 Å². The van der Waals surface area contributed by atoms with Crippen LogP contribution in [0.3, 0.4) is 0 Å². The number of benzene rings is 1. The van der Waals surface area contributed by atoms with Crippen molar-refractivity contribution in [2.75, 3.05) is 5.75 Å².